The second-order valence-corrected chi connectivity index (χ2v) is 6.29. The van der Waals surface area contributed by atoms with E-state index in [-0.39, 0.29) is 5.56 Å². The van der Waals surface area contributed by atoms with Crippen LogP contribution in [0, 0.1) is 16.4 Å². The molecule has 5 heteroatoms. The first-order valence-corrected chi connectivity index (χ1v) is 7.38. The van der Waals surface area contributed by atoms with E-state index in [2.05, 4.69) is 16.9 Å². The number of hydrogen-bond acceptors (Lipinski definition) is 3. The molecule has 1 aliphatic carbocycles. The van der Waals surface area contributed by atoms with Gasteiger partial charge in [-0.2, -0.15) is 0 Å². The molecule has 1 fully saturated rings. The largest absolute Gasteiger partial charge is 0.370 e. The molecule has 1 N–H and O–H groups in total. The zero-order chi connectivity index (χ0) is 13.3. The molecule has 2 rings (SSSR count). The summed E-state index contributed by atoms with van der Waals surface area (Å²) in [6.45, 7) is 4.10. The Morgan fingerprint density at radius 2 is 2.28 bits per heavy atom. The number of aromatic nitrogens is 2. The van der Waals surface area contributed by atoms with Crippen LogP contribution in [0.25, 0.3) is 0 Å². The lowest BCUT2D eigenvalue weighted by molar-refractivity contribution is -0.0649. The van der Waals surface area contributed by atoms with Crippen molar-refractivity contribution >= 4 is 22.6 Å². The minimum Gasteiger partial charge on any atom is -0.370 e. The second-order valence-electron chi connectivity index (χ2n) is 5.21. The number of halogens is 1. The maximum atomic E-state index is 11.9. The second kappa shape index (κ2) is 5.28. The highest BCUT2D eigenvalue weighted by Crippen LogP contribution is 2.40. The fourth-order valence-corrected chi connectivity index (χ4v) is 3.04. The molecular formula is C13H19IN2O2. The van der Waals surface area contributed by atoms with Crippen LogP contribution in [0.15, 0.2) is 4.79 Å². The van der Waals surface area contributed by atoms with E-state index in [1.54, 1.807) is 7.11 Å². The third-order valence-electron chi connectivity index (χ3n) is 3.81. The van der Waals surface area contributed by atoms with E-state index >= 15 is 0 Å². The van der Waals surface area contributed by atoms with E-state index in [9.17, 15) is 4.79 Å². The Hall–Kier alpha value is -0.430. The molecule has 1 aromatic rings. The van der Waals surface area contributed by atoms with Gasteiger partial charge in [-0.25, -0.2) is 4.98 Å². The molecule has 0 saturated heterocycles. The van der Waals surface area contributed by atoms with Crippen molar-refractivity contribution in [1.29, 1.82) is 0 Å². The minimum atomic E-state index is -0.411. The Morgan fingerprint density at radius 1 is 1.56 bits per heavy atom. The molecule has 0 aromatic carbocycles. The van der Waals surface area contributed by atoms with Crippen LogP contribution in [0.1, 0.15) is 44.1 Å². The standard InChI is InChI=1S/C13H19IN2O2/c1-8-5-4-6-13(7-8,18-3)12-15-9(2)10(14)11(17)16-12/h8H,4-7H2,1-3H3,(H,15,16,17). The lowest BCUT2D eigenvalue weighted by Crippen LogP contribution is -2.38. The normalized spacial score (nSPS) is 28.3. The lowest BCUT2D eigenvalue weighted by Gasteiger charge is -2.38. The number of hydrogen-bond donors (Lipinski definition) is 1. The maximum absolute atomic E-state index is 11.9. The van der Waals surface area contributed by atoms with E-state index in [0.29, 0.717) is 15.3 Å². The Bertz CT molecular complexity index is 500. The quantitative estimate of drug-likeness (QED) is 0.824. The van der Waals surface area contributed by atoms with E-state index in [1.807, 2.05) is 29.5 Å². The Kier molecular flexibility index (Phi) is 4.11. The van der Waals surface area contributed by atoms with E-state index in [4.69, 9.17) is 4.74 Å². The van der Waals surface area contributed by atoms with Crippen molar-refractivity contribution in [2.45, 2.75) is 45.1 Å². The van der Waals surface area contributed by atoms with Crippen LogP contribution in [0.3, 0.4) is 0 Å². The summed E-state index contributed by atoms with van der Waals surface area (Å²) in [5, 5.41) is 0. The van der Waals surface area contributed by atoms with Crippen molar-refractivity contribution in [3.05, 3.63) is 25.4 Å². The molecule has 1 saturated carbocycles. The van der Waals surface area contributed by atoms with Gasteiger partial charge in [-0.15, -0.1) is 0 Å². The molecule has 0 radical (unpaired) electrons. The van der Waals surface area contributed by atoms with E-state index in [0.717, 1.165) is 25.0 Å². The van der Waals surface area contributed by atoms with Gasteiger partial charge in [0.15, 0.2) is 0 Å². The number of aryl methyl sites for hydroxylation is 1. The summed E-state index contributed by atoms with van der Waals surface area (Å²) >= 11 is 2.03. The molecule has 1 heterocycles. The van der Waals surface area contributed by atoms with E-state index < -0.39 is 5.60 Å². The lowest BCUT2D eigenvalue weighted by atomic mass is 9.78. The van der Waals surface area contributed by atoms with Gasteiger partial charge in [0.05, 0.1) is 9.26 Å². The Labute approximate surface area is 121 Å². The van der Waals surface area contributed by atoms with Crippen molar-refractivity contribution in [3.8, 4) is 0 Å². The first-order valence-electron chi connectivity index (χ1n) is 6.30. The first-order chi connectivity index (χ1) is 8.48. The SMILES string of the molecule is COC1(c2nc(C)c(I)c(=O)[nH]2)CCCC(C)C1. The molecule has 4 nitrogen and oxygen atoms in total. The Balaban J connectivity index is 2.47. The van der Waals surface area contributed by atoms with Crippen LogP contribution in [-0.2, 0) is 10.3 Å². The molecule has 2 unspecified atom stereocenters. The number of rotatable bonds is 2. The van der Waals surface area contributed by atoms with Gasteiger partial charge in [-0.3, -0.25) is 4.79 Å². The van der Waals surface area contributed by atoms with Gasteiger partial charge in [0.25, 0.3) is 5.56 Å². The zero-order valence-electron chi connectivity index (χ0n) is 11.0. The average Bonchev–Trinajstić information content (AvgIpc) is 2.35. The van der Waals surface area contributed by atoms with Crippen molar-refractivity contribution in [1.82, 2.24) is 9.97 Å². The highest BCUT2D eigenvalue weighted by molar-refractivity contribution is 14.1. The van der Waals surface area contributed by atoms with Crippen LogP contribution in [0.5, 0.6) is 0 Å². The molecule has 1 aliphatic rings. The average molecular weight is 362 g/mol. The highest BCUT2D eigenvalue weighted by atomic mass is 127. The molecule has 0 aliphatic heterocycles. The molecule has 18 heavy (non-hydrogen) atoms. The number of nitrogens with one attached hydrogen (secondary N) is 1. The van der Waals surface area contributed by atoms with Crippen molar-refractivity contribution in [2.24, 2.45) is 5.92 Å². The minimum absolute atomic E-state index is 0.0623. The van der Waals surface area contributed by atoms with Crippen LogP contribution >= 0.6 is 22.6 Å². The predicted octanol–water partition coefficient (Wildman–Crippen LogP) is 2.73. The number of methoxy groups -OCH3 is 1. The number of nitrogens with zero attached hydrogens (tertiary/aromatic N) is 1. The van der Waals surface area contributed by atoms with Gasteiger partial charge >= 0.3 is 0 Å². The summed E-state index contributed by atoms with van der Waals surface area (Å²) in [5.41, 5.74) is 0.308. The third kappa shape index (κ3) is 2.47. The third-order valence-corrected chi connectivity index (χ3v) is 5.08. The summed E-state index contributed by atoms with van der Waals surface area (Å²) in [7, 11) is 1.71. The summed E-state index contributed by atoms with van der Waals surface area (Å²) in [4.78, 5) is 19.3. The molecule has 0 spiro atoms. The fraction of sp³-hybridized carbons (Fsp3) is 0.692. The molecule has 1 aromatic heterocycles. The van der Waals surface area contributed by atoms with Crippen LogP contribution < -0.4 is 5.56 Å². The van der Waals surface area contributed by atoms with Crippen LogP contribution in [0.4, 0.5) is 0 Å². The number of H-pyrrole nitrogens is 1. The van der Waals surface area contributed by atoms with Crippen molar-refractivity contribution in [2.75, 3.05) is 7.11 Å². The van der Waals surface area contributed by atoms with Crippen molar-refractivity contribution in [3.63, 3.8) is 0 Å². The van der Waals surface area contributed by atoms with Crippen LogP contribution in [0.2, 0.25) is 0 Å². The smallest absolute Gasteiger partial charge is 0.264 e. The molecular weight excluding hydrogens is 343 g/mol. The fourth-order valence-electron chi connectivity index (χ4n) is 2.79. The molecule has 2 atom stereocenters. The van der Waals surface area contributed by atoms with Crippen molar-refractivity contribution < 1.29 is 4.74 Å². The van der Waals surface area contributed by atoms with Gasteiger partial charge < -0.3 is 9.72 Å². The van der Waals surface area contributed by atoms with Crippen LogP contribution in [-0.4, -0.2) is 17.1 Å². The summed E-state index contributed by atoms with van der Waals surface area (Å²) in [5.74, 6) is 1.29. The molecule has 0 amide bonds. The van der Waals surface area contributed by atoms with Gasteiger partial charge in [0.2, 0.25) is 0 Å². The van der Waals surface area contributed by atoms with Gasteiger partial charge in [-0.1, -0.05) is 13.3 Å². The molecule has 100 valence electrons. The van der Waals surface area contributed by atoms with Gasteiger partial charge in [0.1, 0.15) is 11.4 Å². The summed E-state index contributed by atoms with van der Waals surface area (Å²) in [6.07, 6.45) is 4.19. The summed E-state index contributed by atoms with van der Waals surface area (Å²) in [6, 6.07) is 0. The highest BCUT2D eigenvalue weighted by Gasteiger charge is 2.39. The predicted molar refractivity (Wildman–Crippen MR) is 78.6 cm³/mol. The summed E-state index contributed by atoms with van der Waals surface area (Å²) < 4.78 is 6.41. The first kappa shape index (κ1) is 14.0. The zero-order valence-corrected chi connectivity index (χ0v) is 13.2. The Morgan fingerprint density at radius 3 is 2.83 bits per heavy atom. The monoisotopic (exact) mass is 362 g/mol. The van der Waals surface area contributed by atoms with E-state index in [1.165, 1.54) is 6.42 Å². The van der Waals surface area contributed by atoms with Gasteiger partial charge in [-0.05, 0) is 54.7 Å². The maximum Gasteiger partial charge on any atom is 0.264 e. The van der Waals surface area contributed by atoms with Gasteiger partial charge in [0, 0.05) is 7.11 Å². The number of ether oxygens (including phenoxy) is 1. The number of aromatic amines is 1. The topological polar surface area (TPSA) is 55.0 Å². The molecule has 0 bridgehead atoms.